The minimum Gasteiger partial charge on any atom is -0.294 e. The van der Waals surface area contributed by atoms with Gasteiger partial charge in [-0.15, -0.1) is 0 Å². The molecule has 3 amide bonds. The maximum absolute atomic E-state index is 12.8. The number of ketones is 1. The van der Waals surface area contributed by atoms with Crippen LogP contribution in [0.15, 0.2) is 72.9 Å². The van der Waals surface area contributed by atoms with Crippen molar-refractivity contribution in [1.29, 1.82) is 0 Å². The largest absolute Gasteiger partial charge is 0.302 e. The van der Waals surface area contributed by atoms with Crippen LogP contribution < -0.4 is 0 Å². The molecular formula is C20H16N2O4. The molecule has 0 saturated carbocycles. The van der Waals surface area contributed by atoms with E-state index in [2.05, 4.69) is 0 Å². The number of carbonyl (C=O) groups is 4. The Kier molecular flexibility index (Phi) is 4.75. The van der Waals surface area contributed by atoms with Crippen LogP contribution in [0, 0.1) is 0 Å². The van der Waals surface area contributed by atoms with Crippen LogP contribution in [-0.4, -0.2) is 39.5 Å². The number of imide groups is 1. The fourth-order valence-corrected chi connectivity index (χ4v) is 2.71. The monoisotopic (exact) mass is 348 g/mol. The lowest BCUT2D eigenvalue weighted by molar-refractivity contribution is -0.142. The predicted molar refractivity (Wildman–Crippen MR) is 93.8 cm³/mol. The second-order valence-electron chi connectivity index (χ2n) is 5.74. The molecular weight excluding hydrogens is 332 g/mol. The lowest BCUT2D eigenvalue weighted by atomic mass is 10.1. The maximum atomic E-state index is 12.8. The summed E-state index contributed by atoms with van der Waals surface area (Å²) in [4.78, 5) is 52.1. The first kappa shape index (κ1) is 17.3. The van der Waals surface area contributed by atoms with Crippen LogP contribution in [0.4, 0.5) is 0 Å². The Hall–Kier alpha value is -3.54. The molecule has 0 saturated heterocycles. The number of nitrogens with zero attached hydrogens (tertiary/aromatic N) is 2. The zero-order chi connectivity index (χ0) is 18.7. The first-order valence-electron chi connectivity index (χ1n) is 8.03. The van der Waals surface area contributed by atoms with Gasteiger partial charge in [0.05, 0.1) is 0 Å². The molecule has 3 rings (SSSR count). The Morgan fingerprint density at radius 1 is 0.808 bits per heavy atom. The van der Waals surface area contributed by atoms with E-state index in [1.54, 1.807) is 60.7 Å². The summed E-state index contributed by atoms with van der Waals surface area (Å²) in [6.45, 7) is 1.53. The Balaban J connectivity index is 1.99. The average molecular weight is 348 g/mol. The SMILES string of the molecule is CC1N(C(=O)c2ccccc2)C=CC(=O)C(=O)N1C(=O)c1ccccc1. The van der Waals surface area contributed by atoms with Gasteiger partial charge in [-0.05, 0) is 31.2 Å². The van der Waals surface area contributed by atoms with Crippen LogP contribution in [0.2, 0.25) is 0 Å². The first-order valence-corrected chi connectivity index (χ1v) is 8.03. The Morgan fingerprint density at radius 3 is 1.85 bits per heavy atom. The summed E-state index contributed by atoms with van der Waals surface area (Å²) >= 11 is 0. The maximum Gasteiger partial charge on any atom is 0.302 e. The third kappa shape index (κ3) is 3.17. The van der Waals surface area contributed by atoms with E-state index in [1.807, 2.05) is 0 Å². The lowest BCUT2D eigenvalue weighted by Gasteiger charge is -2.32. The van der Waals surface area contributed by atoms with Gasteiger partial charge in [-0.25, -0.2) is 4.90 Å². The van der Waals surface area contributed by atoms with Crippen molar-refractivity contribution in [2.24, 2.45) is 0 Å². The third-order valence-electron chi connectivity index (χ3n) is 4.09. The van der Waals surface area contributed by atoms with Gasteiger partial charge >= 0.3 is 5.91 Å². The number of rotatable bonds is 2. The molecule has 6 nitrogen and oxygen atoms in total. The molecule has 1 aliphatic heterocycles. The molecule has 26 heavy (non-hydrogen) atoms. The number of amides is 3. The van der Waals surface area contributed by atoms with Gasteiger partial charge in [0.2, 0.25) is 5.78 Å². The number of hydrogen-bond donors (Lipinski definition) is 0. The molecule has 1 unspecified atom stereocenters. The second-order valence-corrected chi connectivity index (χ2v) is 5.74. The Bertz CT molecular complexity index is 891. The molecule has 0 N–H and O–H groups in total. The second kappa shape index (κ2) is 7.14. The van der Waals surface area contributed by atoms with Crippen molar-refractivity contribution >= 4 is 23.5 Å². The highest BCUT2D eigenvalue weighted by Crippen LogP contribution is 2.19. The third-order valence-corrected chi connectivity index (χ3v) is 4.09. The first-order chi connectivity index (χ1) is 12.5. The van der Waals surface area contributed by atoms with E-state index in [1.165, 1.54) is 18.0 Å². The summed E-state index contributed by atoms with van der Waals surface area (Å²) in [5.41, 5.74) is 0.646. The smallest absolute Gasteiger partial charge is 0.294 e. The molecule has 0 fully saturated rings. The lowest BCUT2D eigenvalue weighted by Crippen LogP contribution is -2.52. The minimum absolute atomic E-state index is 0.259. The molecule has 1 aliphatic rings. The number of carbonyl (C=O) groups excluding carboxylic acids is 4. The van der Waals surface area contributed by atoms with Gasteiger partial charge in [-0.2, -0.15) is 0 Å². The number of benzene rings is 2. The van der Waals surface area contributed by atoms with Crippen molar-refractivity contribution in [3.05, 3.63) is 84.1 Å². The van der Waals surface area contributed by atoms with E-state index in [-0.39, 0.29) is 5.56 Å². The van der Waals surface area contributed by atoms with Crippen LogP contribution in [-0.2, 0) is 9.59 Å². The molecule has 0 aliphatic carbocycles. The standard InChI is InChI=1S/C20H16N2O4/c1-14-21(18(24)15-8-4-2-5-9-15)13-12-17(23)20(26)22(14)19(25)16-10-6-3-7-11-16/h2-14H,1H3. The van der Waals surface area contributed by atoms with Gasteiger partial charge in [0, 0.05) is 23.4 Å². The molecule has 6 heteroatoms. The van der Waals surface area contributed by atoms with Crippen molar-refractivity contribution in [2.75, 3.05) is 0 Å². The molecule has 1 atom stereocenters. The zero-order valence-electron chi connectivity index (χ0n) is 14.0. The van der Waals surface area contributed by atoms with Gasteiger partial charge in [0.1, 0.15) is 6.17 Å². The average Bonchev–Trinajstić information content (AvgIpc) is 2.79. The van der Waals surface area contributed by atoms with E-state index in [4.69, 9.17) is 0 Å². The fourth-order valence-electron chi connectivity index (χ4n) is 2.71. The number of hydrogen-bond acceptors (Lipinski definition) is 4. The quantitative estimate of drug-likeness (QED) is 0.616. The summed E-state index contributed by atoms with van der Waals surface area (Å²) in [5, 5.41) is 0. The highest BCUT2D eigenvalue weighted by molar-refractivity contribution is 6.43. The molecule has 1 heterocycles. The summed E-state index contributed by atoms with van der Waals surface area (Å²) in [6.07, 6.45) is 1.31. The fraction of sp³-hybridized carbons (Fsp3) is 0.100. The van der Waals surface area contributed by atoms with Crippen molar-refractivity contribution in [1.82, 2.24) is 9.80 Å². The van der Waals surface area contributed by atoms with Crippen molar-refractivity contribution < 1.29 is 19.2 Å². The van der Waals surface area contributed by atoms with E-state index < -0.39 is 29.7 Å². The van der Waals surface area contributed by atoms with Crippen LogP contribution in [0.3, 0.4) is 0 Å². The summed E-state index contributed by atoms with van der Waals surface area (Å²) < 4.78 is 0. The normalized spacial score (nSPS) is 17.2. The molecule has 0 bridgehead atoms. The van der Waals surface area contributed by atoms with Gasteiger partial charge in [0.15, 0.2) is 0 Å². The summed E-state index contributed by atoms with van der Waals surface area (Å²) in [7, 11) is 0. The van der Waals surface area contributed by atoms with Gasteiger partial charge in [0.25, 0.3) is 11.8 Å². The van der Waals surface area contributed by atoms with Gasteiger partial charge in [-0.1, -0.05) is 36.4 Å². The van der Waals surface area contributed by atoms with Crippen molar-refractivity contribution in [2.45, 2.75) is 13.1 Å². The Morgan fingerprint density at radius 2 is 1.31 bits per heavy atom. The molecule has 2 aromatic carbocycles. The van der Waals surface area contributed by atoms with E-state index in [9.17, 15) is 19.2 Å². The van der Waals surface area contributed by atoms with Gasteiger partial charge in [-0.3, -0.25) is 24.1 Å². The van der Waals surface area contributed by atoms with E-state index >= 15 is 0 Å². The summed E-state index contributed by atoms with van der Waals surface area (Å²) in [5.74, 6) is -2.87. The summed E-state index contributed by atoms with van der Waals surface area (Å²) in [6, 6.07) is 16.6. The molecule has 0 aromatic heterocycles. The van der Waals surface area contributed by atoms with Gasteiger partial charge < -0.3 is 0 Å². The van der Waals surface area contributed by atoms with Crippen LogP contribution in [0.5, 0.6) is 0 Å². The van der Waals surface area contributed by atoms with Crippen LogP contribution in [0.1, 0.15) is 27.6 Å². The molecule has 0 spiro atoms. The molecule has 0 radical (unpaired) electrons. The van der Waals surface area contributed by atoms with Crippen molar-refractivity contribution in [3.8, 4) is 0 Å². The zero-order valence-corrected chi connectivity index (χ0v) is 14.0. The molecule has 2 aromatic rings. The minimum atomic E-state index is -0.967. The molecule has 130 valence electrons. The predicted octanol–water partition coefficient (Wildman–Crippen LogP) is 2.24. The van der Waals surface area contributed by atoms with E-state index in [0.29, 0.717) is 5.56 Å². The van der Waals surface area contributed by atoms with E-state index in [0.717, 1.165) is 11.0 Å². The van der Waals surface area contributed by atoms with Crippen LogP contribution in [0.25, 0.3) is 0 Å². The Labute approximate surface area is 150 Å². The van der Waals surface area contributed by atoms with Crippen molar-refractivity contribution in [3.63, 3.8) is 0 Å². The topological polar surface area (TPSA) is 74.8 Å². The van der Waals surface area contributed by atoms with Crippen LogP contribution >= 0.6 is 0 Å². The highest BCUT2D eigenvalue weighted by atomic mass is 16.2. The highest BCUT2D eigenvalue weighted by Gasteiger charge is 2.37.